The first-order valence-electron chi connectivity index (χ1n) is 7.24. The van der Waals surface area contributed by atoms with Gasteiger partial charge in [0.15, 0.2) is 0 Å². The third kappa shape index (κ3) is 3.39. The molecule has 1 aliphatic rings. The van der Waals surface area contributed by atoms with Crippen LogP contribution in [-0.4, -0.2) is 34.7 Å². The van der Waals surface area contributed by atoms with Crippen LogP contribution in [0.4, 0.5) is 0 Å². The van der Waals surface area contributed by atoms with Gasteiger partial charge in [-0.25, -0.2) is 0 Å². The molecule has 1 fully saturated rings. The zero-order valence-corrected chi connectivity index (χ0v) is 13.5. The second kappa shape index (κ2) is 6.38. The first-order valence-corrected chi connectivity index (χ1v) is 8.03. The van der Waals surface area contributed by atoms with E-state index in [-0.39, 0.29) is 11.6 Å². The van der Waals surface area contributed by atoms with Gasteiger partial charge in [0, 0.05) is 16.4 Å². The van der Waals surface area contributed by atoms with Crippen molar-refractivity contribution in [2.24, 2.45) is 0 Å². The van der Waals surface area contributed by atoms with Crippen LogP contribution >= 0.6 is 15.9 Å². The molecule has 1 saturated heterocycles. The Kier molecular flexibility index (Phi) is 5.04. The van der Waals surface area contributed by atoms with Crippen LogP contribution in [0.25, 0.3) is 0 Å². The maximum Gasteiger partial charge on any atom is 0.0761 e. The van der Waals surface area contributed by atoms with Crippen molar-refractivity contribution in [1.82, 2.24) is 4.90 Å². The van der Waals surface area contributed by atoms with E-state index < -0.39 is 0 Å². The minimum Gasteiger partial charge on any atom is -0.391 e. The molecule has 0 radical (unpaired) electrons. The number of aliphatic hydroxyl groups is 1. The van der Waals surface area contributed by atoms with Crippen molar-refractivity contribution >= 4 is 15.9 Å². The fraction of sp³-hybridized carbons (Fsp3) is 0.625. The summed E-state index contributed by atoms with van der Waals surface area (Å²) in [5.41, 5.74) is 1.11. The Balaban J connectivity index is 2.07. The summed E-state index contributed by atoms with van der Waals surface area (Å²) in [5, 5.41) is 10.7. The van der Waals surface area contributed by atoms with Crippen molar-refractivity contribution in [3.63, 3.8) is 0 Å². The molecule has 0 aromatic heterocycles. The van der Waals surface area contributed by atoms with Gasteiger partial charge in [0.1, 0.15) is 0 Å². The highest BCUT2D eigenvalue weighted by molar-refractivity contribution is 9.10. The summed E-state index contributed by atoms with van der Waals surface area (Å²) >= 11 is 3.45. The molecule has 1 aromatic carbocycles. The second-order valence-electron chi connectivity index (χ2n) is 5.75. The third-order valence-corrected chi connectivity index (χ3v) is 5.13. The molecule has 1 aliphatic heterocycles. The second-order valence-corrected chi connectivity index (χ2v) is 6.67. The van der Waals surface area contributed by atoms with Gasteiger partial charge in [-0.05, 0) is 57.0 Å². The molecule has 1 aromatic rings. The van der Waals surface area contributed by atoms with Gasteiger partial charge < -0.3 is 5.11 Å². The van der Waals surface area contributed by atoms with Crippen LogP contribution in [0, 0.1) is 0 Å². The van der Waals surface area contributed by atoms with E-state index in [0.29, 0.717) is 0 Å². The van der Waals surface area contributed by atoms with Gasteiger partial charge in [0.05, 0.1) is 6.10 Å². The summed E-state index contributed by atoms with van der Waals surface area (Å²) in [6.07, 6.45) is 3.94. The molecule has 0 spiro atoms. The van der Waals surface area contributed by atoms with Crippen molar-refractivity contribution in [3.05, 3.63) is 34.3 Å². The van der Waals surface area contributed by atoms with Gasteiger partial charge in [0.25, 0.3) is 0 Å². The average Bonchev–Trinajstić information content (AvgIpc) is 2.95. The van der Waals surface area contributed by atoms with Crippen molar-refractivity contribution < 1.29 is 5.11 Å². The Morgan fingerprint density at radius 3 is 2.37 bits per heavy atom. The smallest absolute Gasteiger partial charge is 0.0761 e. The fourth-order valence-electron chi connectivity index (χ4n) is 2.96. The average molecular weight is 326 g/mol. The molecule has 3 heteroatoms. The number of hydrogen-bond donors (Lipinski definition) is 1. The summed E-state index contributed by atoms with van der Waals surface area (Å²) in [6.45, 7) is 6.65. The lowest BCUT2D eigenvalue weighted by Gasteiger charge is -2.42. The van der Waals surface area contributed by atoms with Crippen LogP contribution in [-0.2, 0) is 6.42 Å². The Morgan fingerprint density at radius 2 is 1.84 bits per heavy atom. The number of nitrogens with zero attached hydrogens (tertiary/aromatic N) is 1. The maximum atomic E-state index is 10.7. The molecule has 2 atom stereocenters. The van der Waals surface area contributed by atoms with Gasteiger partial charge in [0.2, 0.25) is 0 Å². The van der Waals surface area contributed by atoms with Crippen LogP contribution < -0.4 is 0 Å². The van der Waals surface area contributed by atoms with Crippen LogP contribution in [0.1, 0.15) is 38.7 Å². The minimum atomic E-state index is -0.309. The maximum absolute atomic E-state index is 10.7. The quantitative estimate of drug-likeness (QED) is 0.893. The summed E-state index contributed by atoms with van der Waals surface area (Å²) in [5.74, 6) is 0. The summed E-state index contributed by atoms with van der Waals surface area (Å²) in [7, 11) is 0. The number of likely N-dealkylation sites (tertiary alicyclic amines) is 1. The van der Waals surface area contributed by atoms with Crippen LogP contribution in [0.5, 0.6) is 0 Å². The first-order chi connectivity index (χ1) is 9.06. The first kappa shape index (κ1) is 15.0. The van der Waals surface area contributed by atoms with Gasteiger partial charge in [-0.1, -0.05) is 35.0 Å². The van der Waals surface area contributed by atoms with Crippen molar-refractivity contribution in [1.29, 1.82) is 0 Å². The zero-order valence-electron chi connectivity index (χ0n) is 11.9. The molecule has 1 heterocycles. The molecular weight excluding hydrogens is 302 g/mol. The standard InChI is InChI=1S/C16H24BrNO/c1-3-16(2,18-10-4-5-11-18)15(19)12-13-6-8-14(17)9-7-13/h6-9,15,19H,3-5,10-12H2,1-2H3. The van der Waals surface area contributed by atoms with Gasteiger partial charge in [-0.3, -0.25) is 4.90 Å². The molecule has 106 valence electrons. The number of benzene rings is 1. The minimum absolute atomic E-state index is 0.0937. The summed E-state index contributed by atoms with van der Waals surface area (Å²) < 4.78 is 1.09. The van der Waals surface area contributed by atoms with E-state index in [9.17, 15) is 5.11 Å². The SMILES string of the molecule is CCC(C)(C(O)Cc1ccc(Br)cc1)N1CCCC1. The molecule has 0 amide bonds. The van der Waals surface area contributed by atoms with Gasteiger partial charge in [-0.2, -0.15) is 0 Å². The lowest BCUT2D eigenvalue weighted by molar-refractivity contribution is -0.0117. The molecule has 1 N–H and O–H groups in total. The van der Waals surface area contributed by atoms with Gasteiger partial charge in [-0.15, -0.1) is 0 Å². The lowest BCUT2D eigenvalue weighted by atomic mass is 9.86. The Bertz CT molecular complexity index is 400. The zero-order chi connectivity index (χ0) is 13.9. The lowest BCUT2D eigenvalue weighted by Crippen LogP contribution is -2.53. The monoisotopic (exact) mass is 325 g/mol. The molecule has 0 saturated carbocycles. The topological polar surface area (TPSA) is 23.5 Å². The number of hydrogen-bond acceptors (Lipinski definition) is 2. The molecule has 0 bridgehead atoms. The van der Waals surface area contributed by atoms with Crippen LogP contribution in [0.3, 0.4) is 0 Å². The number of rotatable bonds is 5. The largest absolute Gasteiger partial charge is 0.391 e. The molecule has 2 nitrogen and oxygen atoms in total. The van der Waals surface area contributed by atoms with E-state index in [2.05, 4.69) is 46.8 Å². The molecule has 19 heavy (non-hydrogen) atoms. The van der Waals surface area contributed by atoms with Crippen LogP contribution in [0.15, 0.2) is 28.7 Å². The van der Waals surface area contributed by atoms with E-state index in [1.54, 1.807) is 0 Å². The Morgan fingerprint density at radius 1 is 1.26 bits per heavy atom. The van der Waals surface area contributed by atoms with Crippen molar-refractivity contribution in [2.45, 2.75) is 51.2 Å². The van der Waals surface area contributed by atoms with E-state index in [0.717, 1.165) is 30.4 Å². The fourth-order valence-corrected chi connectivity index (χ4v) is 3.23. The molecule has 0 aliphatic carbocycles. The molecule has 2 rings (SSSR count). The number of halogens is 1. The van der Waals surface area contributed by atoms with E-state index in [1.807, 2.05) is 12.1 Å². The van der Waals surface area contributed by atoms with Crippen LogP contribution in [0.2, 0.25) is 0 Å². The predicted octanol–water partition coefficient (Wildman–Crippen LogP) is 3.62. The Labute approximate surface area is 124 Å². The highest BCUT2D eigenvalue weighted by Gasteiger charge is 2.38. The summed E-state index contributed by atoms with van der Waals surface area (Å²) in [4.78, 5) is 2.47. The molecule has 2 unspecified atom stereocenters. The number of aliphatic hydroxyl groups excluding tert-OH is 1. The van der Waals surface area contributed by atoms with Crippen molar-refractivity contribution in [2.75, 3.05) is 13.1 Å². The van der Waals surface area contributed by atoms with E-state index in [4.69, 9.17) is 0 Å². The van der Waals surface area contributed by atoms with E-state index in [1.165, 1.54) is 18.4 Å². The molecular formula is C16H24BrNO. The highest BCUT2D eigenvalue weighted by atomic mass is 79.9. The third-order valence-electron chi connectivity index (χ3n) is 4.60. The normalized spacial score (nSPS) is 21.3. The summed E-state index contributed by atoms with van der Waals surface area (Å²) in [6, 6.07) is 8.27. The van der Waals surface area contributed by atoms with E-state index >= 15 is 0 Å². The highest BCUT2D eigenvalue weighted by Crippen LogP contribution is 2.29. The van der Waals surface area contributed by atoms with Gasteiger partial charge >= 0.3 is 0 Å². The van der Waals surface area contributed by atoms with Crippen molar-refractivity contribution in [3.8, 4) is 0 Å². The Hall–Kier alpha value is -0.380. The predicted molar refractivity (Wildman–Crippen MR) is 83.4 cm³/mol.